The van der Waals surface area contributed by atoms with Crippen molar-refractivity contribution < 1.29 is 27.9 Å². The summed E-state index contributed by atoms with van der Waals surface area (Å²) >= 11 is 0. The molecular formula is C8H13F3N2O3. The molecule has 8 heteroatoms. The molecule has 16 heavy (non-hydrogen) atoms. The standard InChI is InChI=1S/C8H13F3N2O3/c1-7(2,12)6(16)13(3-5(14)15)4-8(9,10)11/h3-4,12H2,1-2H3,(H,14,15). The third kappa shape index (κ3) is 5.54. The maximum absolute atomic E-state index is 12.1. The summed E-state index contributed by atoms with van der Waals surface area (Å²) in [6.45, 7) is -0.237. The lowest BCUT2D eigenvalue weighted by molar-refractivity contribution is -0.168. The highest BCUT2D eigenvalue weighted by atomic mass is 19.4. The summed E-state index contributed by atoms with van der Waals surface area (Å²) in [5, 5.41) is 8.39. The number of rotatable bonds is 4. The number of carboxylic acids is 1. The fraction of sp³-hybridized carbons (Fsp3) is 0.750. The molecule has 0 aromatic heterocycles. The first kappa shape index (κ1) is 14.7. The Morgan fingerprint density at radius 2 is 1.75 bits per heavy atom. The average Bonchev–Trinajstić information content (AvgIpc) is 1.96. The van der Waals surface area contributed by atoms with Crippen LogP contribution in [0, 0.1) is 0 Å². The molecule has 0 unspecified atom stereocenters. The van der Waals surface area contributed by atoms with E-state index in [4.69, 9.17) is 10.8 Å². The van der Waals surface area contributed by atoms with Gasteiger partial charge in [0.1, 0.15) is 13.1 Å². The Hall–Kier alpha value is -1.31. The summed E-state index contributed by atoms with van der Waals surface area (Å²) < 4.78 is 36.2. The number of alkyl halides is 3. The quantitative estimate of drug-likeness (QED) is 0.737. The van der Waals surface area contributed by atoms with Crippen molar-refractivity contribution in [3.05, 3.63) is 0 Å². The first-order valence-corrected chi connectivity index (χ1v) is 4.30. The highest BCUT2D eigenvalue weighted by Crippen LogP contribution is 2.18. The van der Waals surface area contributed by atoms with Crippen molar-refractivity contribution in [2.24, 2.45) is 5.73 Å². The minimum atomic E-state index is -4.66. The van der Waals surface area contributed by atoms with Gasteiger partial charge in [-0.25, -0.2) is 0 Å². The van der Waals surface area contributed by atoms with E-state index in [1.807, 2.05) is 0 Å². The molecule has 0 aliphatic heterocycles. The summed E-state index contributed by atoms with van der Waals surface area (Å²) in [5.74, 6) is -2.59. The van der Waals surface area contributed by atoms with Gasteiger partial charge in [0.25, 0.3) is 0 Å². The SMILES string of the molecule is CC(C)(N)C(=O)N(CC(=O)O)CC(F)(F)F. The molecule has 0 saturated heterocycles. The van der Waals surface area contributed by atoms with Gasteiger partial charge in [0.05, 0.1) is 5.54 Å². The van der Waals surface area contributed by atoms with Crippen LogP contribution in [0.4, 0.5) is 13.2 Å². The van der Waals surface area contributed by atoms with Crippen LogP contribution in [0.15, 0.2) is 0 Å². The van der Waals surface area contributed by atoms with Crippen LogP contribution in [0.5, 0.6) is 0 Å². The maximum Gasteiger partial charge on any atom is 0.406 e. The second-order valence-corrected chi connectivity index (χ2v) is 3.89. The highest BCUT2D eigenvalue weighted by Gasteiger charge is 2.37. The third-order valence-corrected chi connectivity index (χ3v) is 1.53. The molecule has 0 fully saturated rings. The molecule has 0 aromatic carbocycles. The molecule has 0 bridgehead atoms. The van der Waals surface area contributed by atoms with Gasteiger partial charge in [-0.15, -0.1) is 0 Å². The van der Waals surface area contributed by atoms with Gasteiger partial charge in [0.2, 0.25) is 5.91 Å². The molecule has 0 aromatic rings. The highest BCUT2D eigenvalue weighted by molar-refractivity contribution is 5.88. The van der Waals surface area contributed by atoms with Crippen molar-refractivity contribution in [1.29, 1.82) is 0 Å². The zero-order chi connectivity index (χ0) is 13.1. The van der Waals surface area contributed by atoms with E-state index in [1.165, 1.54) is 13.8 Å². The summed E-state index contributed by atoms with van der Waals surface area (Å²) in [7, 11) is 0. The lowest BCUT2D eigenvalue weighted by Gasteiger charge is -2.28. The number of carboxylic acid groups (broad SMARTS) is 1. The molecule has 0 spiro atoms. The normalized spacial score (nSPS) is 12.4. The van der Waals surface area contributed by atoms with Crippen molar-refractivity contribution >= 4 is 11.9 Å². The fourth-order valence-electron chi connectivity index (χ4n) is 0.987. The van der Waals surface area contributed by atoms with E-state index in [1.54, 1.807) is 0 Å². The van der Waals surface area contributed by atoms with Gasteiger partial charge in [-0.1, -0.05) is 0 Å². The Morgan fingerprint density at radius 3 is 2.00 bits per heavy atom. The van der Waals surface area contributed by atoms with Gasteiger partial charge in [-0.3, -0.25) is 9.59 Å². The molecule has 0 atom stereocenters. The lowest BCUT2D eigenvalue weighted by atomic mass is 10.1. The van der Waals surface area contributed by atoms with Gasteiger partial charge >= 0.3 is 12.1 Å². The van der Waals surface area contributed by atoms with Crippen LogP contribution in [-0.4, -0.2) is 46.7 Å². The van der Waals surface area contributed by atoms with Crippen molar-refractivity contribution in [3.8, 4) is 0 Å². The molecular weight excluding hydrogens is 229 g/mol. The van der Waals surface area contributed by atoms with Crippen LogP contribution in [-0.2, 0) is 9.59 Å². The van der Waals surface area contributed by atoms with Crippen LogP contribution < -0.4 is 5.73 Å². The molecule has 5 nitrogen and oxygen atoms in total. The number of nitrogens with zero attached hydrogens (tertiary/aromatic N) is 1. The zero-order valence-electron chi connectivity index (χ0n) is 8.84. The number of nitrogens with two attached hydrogens (primary N) is 1. The monoisotopic (exact) mass is 242 g/mol. The first-order valence-electron chi connectivity index (χ1n) is 4.30. The summed E-state index contributed by atoms with van der Waals surface area (Å²) in [6, 6.07) is 0. The summed E-state index contributed by atoms with van der Waals surface area (Å²) in [5.41, 5.74) is 3.78. The molecule has 0 saturated carbocycles. The Balaban J connectivity index is 4.81. The molecule has 0 aliphatic carbocycles. The Bertz CT molecular complexity index is 283. The number of carbonyl (C=O) groups excluding carboxylic acids is 1. The van der Waals surface area contributed by atoms with E-state index >= 15 is 0 Å². The van der Waals surface area contributed by atoms with Crippen molar-refractivity contribution in [1.82, 2.24) is 4.90 Å². The van der Waals surface area contributed by atoms with Crippen LogP contribution in [0.1, 0.15) is 13.8 Å². The van der Waals surface area contributed by atoms with Gasteiger partial charge in [0.15, 0.2) is 0 Å². The molecule has 0 rings (SSSR count). The van der Waals surface area contributed by atoms with E-state index in [-0.39, 0.29) is 4.90 Å². The number of hydrogen-bond acceptors (Lipinski definition) is 3. The predicted molar refractivity (Wildman–Crippen MR) is 48.5 cm³/mol. The van der Waals surface area contributed by atoms with Crippen LogP contribution >= 0.6 is 0 Å². The van der Waals surface area contributed by atoms with Gasteiger partial charge in [-0.05, 0) is 13.8 Å². The molecule has 3 N–H and O–H groups in total. The number of aliphatic carboxylic acids is 1. The second kappa shape index (κ2) is 4.69. The molecule has 0 aliphatic rings. The smallest absolute Gasteiger partial charge is 0.406 e. The Morgan fingerprint density at radius 1 is 1.31 bits per heavy atom. The van der Waals surface area contributed by atoms with Crippen molar-refractivity contribution in [3.63, 3.8) is 0 Å². The topological polar surface area (TPSA) is 83.6 Å². The third-order valence-electron chi connectivity index (χ3n) is 1.53. The van der Waals surface area contributed by atoms with Crippen LogP contribution in [0.2, 0.25) is 0 Å². The molecule has 0 radical (unpaired) electrons. The number of carbonyl (C=O) groups is 2. The molecule has 1 amide bonds. The Labute approximate surface area is 90.0 Å². The minimum absolute atomic E-state index is 0.169. The zero-order valence-corrected chi connectivity index (χ0v) is 8.84. The van der Waals surface area contributed by atoms with Crippen LogP contribution in [0.3, 0.4) is 0 Å². The molecule has 0 heterocycles. The maximum atomic E-state index is 12.1. The predicted octanol–water partition coefficient (Wildman–Crippen LogP) is 0.199. The summed E-state index contributed by atoms with van der Waals surface area (Å²) in [6.07, 6.45) is -4.66. The van der Waals surface area contributed by atoms with Gasteiger partial charge in [0, 0.05) is 0 Å². The number of amides is 1. The van der Waals surface area contributed by atoms with Crippen LogP contribution in [0.25, 0.3) is 0 Å². The summed E-state index contributed by atoms with van der Waals surface area (Å²) in [4.78, 5) is 21.9. The van der Waals surface area contributed by atoms with E-state index in [0.717, 1.165) is 0 Å². The first-order chi connectivity index (χ1) is 6.93. The average molecular weight is 242 g/mol. The van der Waals surface area contributed by atoms with E-state index < -0.39 is 36.7 Å². The van der Waals surface area contributed by atoms with E-state index in [9.17, 15) is 22.8 Å². The van der Waals surface area contributed by atoms with Crippen molar-refractivity contribution in [2.75, 3.05) is 13.1 Å². The Kier molecular flexibility index (Phi) is 4.30. The second-order valence-electron chi connectivity index (χ2n) is 3.89. The van der Waals surface area contributed by atoms with Gasteiger partial charge < -0.3 is 15.7 Å². The van der Waals surface area contributed by atoms with E-state index in [0.29, 0.717) is 0 Å². The van der Waals surface area contributed by atoms with E-state index in [2.05, 4.69) is 0 Å². The van der Waals surface area contributed by atoms with Crippen molar-refractivity contribution in [2.45, 2.75) is 25.6 Å². The lowest BCUT2D eigenvalue weighted by Crippen LogP contribution is -2.54. The largest absolute Gasteiger partial charge is 0.480 e. The number of hydrogen-bond donors (Lipinski definition) is 2. The fourth-order valence-corrected chi connectivity index (χ4v) is 0.987. The number of halogens is 3. The minimum Gasteiger partial charge on any atom is -0.480 e. The molecule has 94 valence electrons. The van der Waals surface area contributed by atoms with Gasteiger partial charge in [-0.2, -0.15) is 13.2 Å².